The zero-order chi connectivity index (χ0) is 12.3. The number of hydrogen-bond donors (Lipinski definition) is 3. The van der Waals surface area contributed by atoms with Gasteiger partial charge in [0.05, 0.1) is 16.4 Å². The number of aromatic nitrogens is 2. The smallest absolute Gasteiger partial charge is 0.320 e. The maximum Gasteiger partial charge on any atom is 0.320 e. The van der Waals surface area contributed by atoms with Gasteiger partial charge < -0.3 is 15.8 Å². The van der Waals surface area contributed by atoms with E-state index in [4.69, 9.17) is 10.8 Å². The second-order valence-electron chi connectivity index (χ2n) is 3.69. The van der Waals surface area contributed by atoms with E-state index in [1.165, 1.54) is 11.3 Å². The van der Waals surface area contributed by atoms with Crippen molar-refractivity contribution >= 4 is 17.3 Å². The Morgan fingerprint density at radius 2 is 2.47 bits per heavy atom. The predicted molar refractivity (Wildman–Crippen MR) is 65.8 cm³/mol. The van der Waals surface area contributed by atoms with E-state index in [-0.39, 0.29) is 0 Å². The molecule has 1 unspecified atom stereocenters. The molecule has 2 rings (SSSR count). The Hall–Kier alpha value is -1.66. The third-order valence-corrected chi connectivity index (χ3v) is 3.32. The predicted octanol–water partition coefficient (Wildman–Crippen LogP) is 1.48. The van der Waals surface area contributed by atoms with E-state index in [1.807, 2.05) is 23.7 Å². The maximum absolute atomic E-state index is 10.6. The van der Waals surface area contributed by atoms with Gasteiger partial charge in [-0.15, -0.1) is 11.3 Å². The molecule has 0 saturated heterocycles. The van der Waals surface area contributed by atoms with Gasteiger partial charge in [0.25, 0.3) is 0 Å². The summed E-state index contributed by atoms with van der Waals surface area (Å²) < 4.78 is 0. The molecule has 0 spiro atoms. The van der Waals surface area contributed by atoms with Gasteiger partial charge in [-0.1, -0.05) is 0 Å². The molecule has 5 nitrogen and oxygen atoms in total. The van der Waals surface area contributed by atoms with Gasteiger partial charge in [0.1, 0.15) is 6.04 Å². The number of thiazole rings is 1. The standard InChI is InChI=1S/C11H13N3O2S/c12-7(11(15)16)3-4-10-14-9(6-17-10)8-2-1-5-13-8/h1-2,5-7,13H,3-4,12H2,(H,15,16). The van der Waals surface area contributed by atoms with E-state index >= 15 is 0 Å². The first-order valence-corrected chi connectivity index (χ1v) is 6.11. The van der Waals surface area contributed by atoms with Gasteiger partial charge in [0.2, 0.25) is 0 Å². The number of nitrogens with one attached hydrogen (secondary N) is 1. The summed E-state index contributed by atoms with van der Waals surface area (Å²) in [5.74, 6) is -0.967. The fraction of sp³-hybridized carbons (Fsp3) is 0.273. The first-order valence-electron chi connectivity index (χ1n) is 5.23. The van der Waals surface area contributed by atoms with E-state index in [0.29, 0.717) is 12.8 Å². The lowest BCUT2D eigenvalue weighted by atomic mass is 10.2. The molecule has 90 valence electrons. The highest BCUT2D eigenvalue weighted by Crippen LogP contribution is 2.21. The summed E-state index contributed by atoms with van der Waals surface area (Å²) >= 11 is 1.52. The molecule has 2 heterocycles. The number of carbonyl (C=O) groups is 1. The number of aromatic amines is 1. The van der Waals surface area contributed by atoms with E-state index in [2.05, 4.69) is 9.97 Å². The molecule has 0 radical (unpaired) electrons. The molecule has 0 aliphatic carbocycles. The van der Waals surface area contributed by atoms with Gasteiger partial charge in [-0.05, 0) is 18.6 Å². The molecule has 2 aromatic heterocycles. The van der Waals surface area contributed by atoms with Crippen LogP contribution in [0.25, 0.3) is 11.4 Å². The van der Waals surface area contributed by atoms with Crippen molar-refractivity contribution in [1.29, 1.82) is 0 Å². The normalized spacial score (nSPS) is 12.5. The van der Waals surface area contributed by atoms with Gasteiger partial charge in [-0.2, -0.15) is 0 Å². The topological polar surface area (TPSA) is 92.0 Å². The molecule has 0 bridgehead atoms. The fourth-order valence-electron chi connectivity index (χ4n) is 1.44. The molecule has 0 amide bonds. The van der Waals surface area contributed by atoms with E-state index in [9.17, 15) is 4.79 Å². The lowest BCUT2D eigenvalue weighted by Gasteiger charge is -2.03. The number of hydrogen-bond acceptors (Lipinski definition) is 4. The Morgan fingerprint density at radius 3 is 3.12 bits per heavy atom. The quantitative estimate of drug-likeness (QED) is 0.750. The van der Waals surface area contributed by atoms with Crippen LogP contribution in [0, 0.1) is 0 Å². The third kappa shape index (κ3) is 2.92. The number of nitrogens with two attached hydrogens (primary N) is 1. The summed E-state index contributed by atoms with van der Waals surface area (Å²) in [6.45, 7) is 0. The molecule has 0 fully saturated rings. The van der Waals surface area contributed by atoms with Crippen LogP contribution in [-0.2, 0) is 11.2 Å². The molecule has 0 aromatic carbocycles. The summed E-state index contributed by atoms with van der Waals surface area (Å²) in [7, 11) is 0. The highest BCUT2D eigenvalue weighted by atomic mass is 32.1. The SMILES string of the molecule is NC(CCc1nc(-c2ccc[nH]2)cs1)C(=O)O. The van der Waals surface area contributed by atoms with E-state index in [0.717, 1.165) is 16.4 Å². The molecule has 1 atom stereocenters. The Bertz CT molecular complexity index is 493. The third-order valence-electron chi connectivity index (χ3n) is 2.41. The maximum atomic E-state index is 10.6. The highest BCUT2D eigenvalue weighted by Gasteiger charge is 2.12. The number of nitrogens with zero attached hydrogens (tertiary/aromatic N) is 1. The average Bonchev–Trinajstić information content (AvgIpc) is 2.95. The summed E-state index contributed by atoms with van der Waals surface area (Å²) in [6, 6.07) is 3.05. The largest absolute Gasteiger partial charge is 0.480 e. The highest BCUT2D eigenvalue weighted by molar-refractivity contribution is 7.09. The summed E-state index contributed by atoms with van der Waals surface area (Å²) in [6.07, 6.45) is 2.85. The lowest BCUT2D eigenvalue weighted by molar-refractivity contribution is -0.138. The van der Waals surface area contributed by atoms with Crippen molar-refractivity contribution in [3.63, 3.8) is 0 Å². The van der Waals surface area contributed by atoms with Crippen LogP contribution in [0.1, 0.15) is 11.4 Å². The number of carboxylic acids is 1. The minimum absolute atomic E-state index is 0.410. The van der Waals surface area contributed by atoms with Crippen molar-refractivity contribution in [2.24, 2.45) is 5.73 Å². The minimum Gasteiger partial charge on any atom is -0.480 e. The zero-order valence-electron chi connectivity index (χ0n) is 9.09. The first kappa shape index (κ1) is 11.8. The lowest BCUT2D eigenvalue weighted by Crippen LogP contribution is -2.30. The molecule has 0 aliphatic rings. The Kier molecular flexibility index (Phi) is 3.55. The van der Waals surface area contributed by atoms with Crippen molar-refractivity contribution in [1.82, 2.24) is 9.97 Å². The van der Waals surface area contributed by atoms with Crippen molar-refractivity contribution in [2.75, 3.05) is 0 Å². The number of aryl methyl sites for hydroxylation is 1. The Balaban J connectivity index is 1.97. The molecule has 6 heteroatoms. The molecular formula is C11H13N3O2S. The molecule has 4 N–H and O–H groups in total. The van der Waals surface area contributed by atoms with Crippen LogP contribution in [0.5, 0.6) is 0 Å². The average molecular weight is 251 g/mol. The number of rotatable bonds is 5. The molecule has 17 heavy (non-hydrogen) atoms. The van der Waals surface area contributed by atoms with Gasteiger partial charge >= 0.3 is 5.97 Å². The Morgan fingerprint density at radius 1 is 1.65 bits per heavy atom. The first-order chi connectivity index (χ1) is 8.16. The monoisotopic (exact) mass is 251 g/mol. The van der Waals surface area contributed by atoms with Crippen LogP contribution in [-0.4, -0.2) is 27.1 Å². The molecule has 0 aliphatic heterocycles. The van der Waals surface area contributed by atoms with Gasteiger partial charge in [-0.3, -0.25) is 4.79 Å². The minimum atomic E-state index is -0.967. The fourth-order valence-corrected chi connectivity index (χ4v) is 2.26. The van der Waals surface area contributed by atoms with Gasteiger partial charge in [0.15, 0.2) is 0 Å². The Labute approximate surface area is 102 Å². The van der Waals surface area contributed by atoms with Crippen LogP contribution < -0.4 is 5.73 Å². The van der Waals surface area contributed by atoms with Crippen LogP contribution in [0.2, 0.25) is 0 Å². The number of H-pyrrole nitrogens is 1. The molecule has 0 saturated carbocycles. The second-order valence-corrected chi connectivity index (χ2v) is 4.64. The van der Waals surface area contributed by atoms with Crippen LogP contribution in [0.15, 0.2) is 23.7 Å². The number of aliphatic carboxylic acids is 1. The van der Waals surface area contributed by atoms with Gasteiger partial charge in [-0.25, -0.2) is 4.98 Å². The second kappa shape index (κ2) is 5.11. The van der Waals surface area contributed by atoms with E-state index < -0.39 is 12.0 Å². The number of carboxylic acid groups (broad SMARTS) is 1. The summed E-state index contributed by atoms with van der Waals surface area (Å²) in [4.78, 5) is 18.1. The van der Waals surface area contributed by atoms with Crippen molar-refractivity contribution in [3.8, 4) is 11.4 Å². The molecular weight excluding hydrogens is 238 g/mol. The summed E-state index contributed by atoms with van der Waals surface area (Å²) in [5, 5.41) is 11.5. The van der Waals surface area contributed by atoms with E-state index in [1.54, 1.807) is 0 Å². The van der Waals surface area contributed by atoms with Crippen LogP contribution in [0.3, 0.4) is 0 Å². The van der Waals surface area contributed by atoms with Crippen LogP contribution in [0.4, 0.5) is 0 Å². The van der Waals surface area contributed by atoms with Gasteiger partial charge in [0, 0.05) is 18.0 Å². The van der Waals surface area contributed by atoms with Crippen molar-refractivity contribution < 1.29 is 9.90 Å². The van der Waals surface area contributed by atoms with Crippen LogP contribution >= 0.6 is 11.3 Å². The molecule has 2 aromatic rings. The zero-order valence-corrected chi connectivity index (χ0v) is 9.91. The van der Waals surface area contributed by atoms with Crippen molar-refractivity contribution in [2.45, 2.75) is 18.9 Å². The van der Waals surface area contributed by atoms with Crippen molar-refractivity contribution in [3.05, 3.63) is 28.7 Å². The summed E-state index contributed by atoms with van der Waals surface area (Å²) in [5.41, 5.74) is 7.29.